The number of hydrogen-bond acceptors (Lipinski definition) is 3. The lowest BCUT2D eigenvalue weighted by Crippen LogP contribution is -2.63. The number of fused-ring (bicyclic) bond motifs is 1. The maximum atomic E-state index is 12.9. The maximum Gasteiger partial charge on any atom is 0.250 e. The first kappa shape index (κ1) is 14.2. The molecule has 1 aromatic rings. The van der Waals surface area contributed by atoms with Crippen molar-refractivity contribution in [3.8, 4) is 5.75 Å². The molecule has 2 aliphatic rings. The Bertz CT molecular complexity index is 548. The van der Waals surface area contributed by atoms with Crippen molar-refractivity contribution in [2.45, 2.75) is 57.5 Å². The van der Waals surface area contributed by atoms with E-state index in [1.54, 1.807) is 7.11 Å². The second-order valence-corrected chi connectivity index (χ2v) is 6.36. The number of anilines is 2. The van der Waals surface area contributed by atoms with E-state index in [0.29, 0.717) is 0 Å². The highest BCUT2D eigenvalue weighted by Gasteiger charge is 2.49. The summed E-state index contributed by atoms with van der Waals surface area (Å²) in [6.45, 7) is 4.33. The lowest BCUT2D eigenvalue weighted by molar-refractivity contribution is -0.123. The van der Waals surface area contributed by atoms with Gasteiger partial charge in [0.1, 0.15) is 17.0 Å². The Labute approximate surface area is 126 Å². The summed E-state index contributed by atoms with van der Waals surface area (Å²) in [4.78, 5) is 15.2. The Kier molecular flexibility index (Phi) is 3.56. The van der Waals surface area contributed by atoms with E-state index in [4.69, 9.17) is 4.74 Å². The molecule has 3 rings (SSSR count). The van der Waals surface area contributed by atoms with Crippen LogP contribution in [-0.4, -0.2) is 24.6 Å². The molecule has 1 amide bonds. The van der Waals surface area contributed by atoms with Crippen molar-refractivity contribution in [1.29, 1.82) is 0 Å². The molecule has 1 spiro atoms. The molecule has 0 unspecified atom stereocenters. The van der Waals surface area contributed by atoms with Gasteiger partial charge < -0.3 is 15.0 Å². The number of nitrogens with one attached hydrogen (secondary N) is 1. The van der Waals surface area contributed by atoms with Gasteiger partial charge in [-0.2, -0.15) is 0 Å². The molecule has 1 heterocycles. The van der Waals surface area contributed by atoms with Crippen LogP contribution in [0.2, 0.25) is 0 Å². The van der Waals surface area contributed by atoms with Crippen LogP contribution >= 0.6 is 0 Å². The summed E-state index contributed by atoms with van der Waals surface area (Å²) in [6, 6.07) is 6.27. The summed E-state index contributed by atoms with van der Waals surface area (Å²) >= 11 is 0. The Balaban J connectivity index is 2.15. The molecule has 114 valence electrons. The fourth-order valence-corrected chi connectivity index (χ4v) is 3.96. The first-order chi connectivity index (χ1) is 10.1. The molecule has 21 heavy (non-hydrogen) atoms. The SMILES string of the molecule is COc1cccc2c1NC(=O)C1(CCCCC1)N2C(C)C. The van der Waals surface area contributed by atoms with Gasteiger partial charge in [0.2, 0.25) is 5.91 Å². The molecule has 1 aliphatic heterocycles. The number of benzene rings is 1. The van der Waals surface area contributed by atoms with Crippen LogP contribution in [-0.2, 0) is 4.79 Å². The summed E-state index contributed by atoms with van der Waals surface area (Å²) < 4.78 is 5.42. The minimum atomic E-state index is -0.383. The van der Waals surface area contributed by atoms with E-state index in [1.807, 2.05) is 12.1 Å². The highest BCUT2D eigenvalue weighted by molar-refractivity contribution is 6.08. The summed E-state index contributed by atoms with van der Waals surface area (Å²) in [5.41, 5.74) is 1.52. The normalized spacial score (nSPS) is 20.4. The number of amides is 1. The average molecular weight is 288 g/mol. The Morgan fingerprint density at radius 2 is 1.95 bits per heavy atom. The van der Waals surface area contributed by atoms with Crippen LogP contribution in [0, 0.1) is 0 Å². The minimum Gasteiger partial charge on any atom is -0.494 e. The van der Waals surface area contributed by atoms with E-state index in [2.05, 4.69) is 30.1 Å². The number of para-hydroxylation sites is 1. The van der Waals surface area contributed by atoms with E-state index in [1.165, 1.54) is 6.42 Å². The number of carbonyl (C=O) groups is 1. The fourth-order valence-electron chi connectivity index (χ4n) is 3.96. The van der Waals surface area contributed by atoms with Crippen molar-refractivity contribution in [2.75, 3.05) is 17.3 Å². The van der Waals surface area contributed by atoms with Gasteiger partial charge in [-0.05, 0) is 38.8 Å². The van der Waals surface area contributed by atoms with Gasteiger partial charge in [0.15, 0.2) is 0 Å². The van der Waals surface area contributed by atoms with Crippen LogP contribution in [0.4, 0.5) is 11.4 Å². The molecule has 0 saturated heterocycles. The van der Waals surface area contributed by atoms with Crippen molar-refractivity contribution in [2.24, 2.45) is 0 Å². The molecule has 0 atom stereocenters. The second kappa shape index (κ2) is 5.24. The zero-order chi connectivity index (χ0) is 15.0. The van der Waals surface area contributed by atoms with Gasteiger partial charge in [-0.25, -0.2) is 0 Å². The van der Waals surface area contributed by atoms with Crippen molar-refractivity contribution in [3.63, 3.8) is 0 Å². The quantitative estimate of drug-likeness (QED) is 0.904. The molecule has 0 bridgehead atoms. The molecule has 0 aromatic heterocycles. The van der Waals surface area contributed by atoms with Gasteiger partial charge in [-0.1, -0.05) is 25.3 Å². The third-order valence-corrected chi connectivity index (χ3v) is 4.80. The van der Waals surface area contributed by atoms with Crippen LogP contribution in [0.5, 0.6) is 5.75 Å². The Morgan fingerprint density at radius 3 is 2.57 bits per heavy atom. The van der Waals surface area contributed by atoms with Crippen molar-refractivity contribution in [1.82, 2.24) is 0 Å². The highest BCUT2D eigenvalue weighted by atomic mass is 16.5. The molecule has 4 nitrogen and oxygen atoms in total. The second-order valence-electron chi connectivity index (χ2n) is 6.36. The topological polar surface area (TPSA) is 41.6 Å². The van der Waals surface area contributed by atoms with E-state index < -0.39 is 0 Å². The van der Waals surface area contributed by atoms with E-state index in [9.17, 15) is 4.79 Å². The number of rotatable bonds is 2. The number of methoxy groups -OCH3 is 1. The minimum absolute atomic E-state index is 0.132. The van der Waals surface area contributed by atoms with Crippen LogP contribution < -0.4 is 15.0 Å². The monoisotopic (exact) mass is 288 g/mol. The molecule has 4 heteroatoms. The van der Waals surface area contributed by atoms with Gasteiger partial charge in [-0.15, -0.1) is 0 Å². The summed E-state index contributed by atoms with van der Waals surface area (Å²) in [5, 5.41) is 3.12. The zero-order valence-corrected chi connectivity index (χ0v) is 13.1. The lowest BCUT2D eigenvalue weighted by Gasteiger charge is -2.52. The summed E-state index contributed by atoms with van der Waals surface area (Å²) in [7, 11) is 1.65. The molecule has 1 aromatic carbocycles. The standard InChI is InChI=1S/C17H24N2O2/c1-12(2)19-13-8-7-9-14(21-3)15(13)18-16(20)17(19)10-5-4-6-11-17/h7-9,12H,4-6,10-11H2,1-3H3,(H,18,20). The molecule has 1 N–H and O–H groups in total. The van der Waals surface area contributed by atoms with Gasteiger partial charge >= 0.3 is 0 Å². The van der Waals surface area contributed by atoms with E-state index >= 15 is 0 Å². The predicted octanol–water partition coefficient (Wildman–Crippen LogP) is 3.57. The number of hydrogen-bond donors (Lipinski definition) is 1. The third-order valence-electron chi connectivity index (χ3n) is 4.80. The zero-order valence-electron chi connectivity index (χ0n) is 13.1. The Hall–Kier alpha value is -1.71. The summed E-state index contributed by atoms with van der Waals surface area (Å²) in [5.74, 6) is 0.866. The number of carbonyl (C=O) groups excluding carboxylic acids is 1. The maximum absolute atomic E-state index is 12.9. The van der Waals surface area contributed by atoms with E-state index in [0.717, 1.165) is 42.8 Å². The van der Waals surface area contributed by atoms with Crippen LogP contribution in [0.3, 0.4) is 0 Å². The number of nitrogens with zero attached hydrogens (tertiary/aromatic N) is 1. The molecular weight excluding hydrogens is 264 g/mol. The first-order valence-electron chi connectivity index (χ1n) is 7.88. The van der Waals surface area contributed by atoms with Gasteiger partial charge in [0.25, 0.3) is 0 Å². The largest absolute Gasteiger partial charge is 0.494 e. The molecule has 1 aliphatic carbocycles. The fraction of sp³-hybridized carbons (Fsp3) is 0.588. The van der Waals surface area contributed by atoms with Crippen molar-refractivity contribution in [3.05, 3.63) is 18.2 Å². The molecular formula is C17H24N2O2. The van der Waals surface area contributed by atoms with E-state index in [-0.39, 0.29) is 17.5 Å². The molecule has 1 fully saturated rings. The smallest absolute Gasteiger partial charge is 0.250 e. The van der Waals surface area contributed by atoms with Gasteiger partial charge in [0.05, 0.1) is 12.8 Å². The van der Waals surface area contributed by atoms with Crippen LogP contribution in [0.25, 0.3) is 0 Å². The number of ether oxygens (including phenoxy) is 1. The predicted molar refractivity (Wildman–Crippen MR) is 85.1 cm³/mol. The third kappa shape index (κ3) is 2.08. The first-order valence-corrected chi connectivity index (χ1v) is 7.88. The van der Waals surface area contributed by atoms with Crippen LogP contribution in [0.15, 0.2) is 18.2 Å². The lowest BCUT2D eigenvalue weighted by atomic mass is 9.77. The molecule has 0 radical (unpaired) electrons. The molecule has 1 saturated carbocycles. The average Bonchev–Trinajstić information content (AvgIpc) is 2.48. The van der Waals surface area contributed by atoms with Gasteiger partial charge in [-0.3, -0.25) is 4.79 Å². The van der Waals surface area contributed by atoms with Gasteiger partial charge in [0, 0.05) is 6.04 Å². The highest BCUT2D eigenvalue weighted by Crippen LogP contribution is 2.48. The van der Waals surface area contributed by atoms with Crippen LogP contribution in [0.1, 0.15) is 46.0 Å². The van der Waals surface area contributed by atoms with Crippen molar-refractivity contribution < 1.29 is 9.53 Å². The Morgan fingerprint density at radius 1 is 1.24 bits per heavy atom. The van der Waals surface area contributed by atoms with Crippen molar-refractivity contribution >= 4 is 17.3 Å². The summed E-state index contributed by atoms with van der Waals surface area (Å²) in [6.07, 6.45) is 5.35.